The zero-order valence-electron chi connectivity index (χ0n) is 16.1. The van der Waals surface area contributed by atoms with Crippen molar-refractivity contribution in [3.63, 3.8) is 0 Å². The second kappa shape index (κ2) is 7.94. The first-order valence-corrected chi connectivity index (χ1v) is 10.0. The molecule has 0 aliphatic carbocycles. The van der Waals surface area contributed by atoms with Crippen molar-refractivity contribution >= 4 is 28.5 Å². The van der Waals surface area contributed by atoms with E-state index in [9.17, 15) is 4.79 Å². The fourth-order valence-corrected chi connectivity index (χ4v) is 4.12. The average Bonchev–Trinajstić information content (AvgIpc) is 3.05. The van der Waals surface area contributed by atoms with Crippen LogP contribution < -0.4 is 5.32 Å². The molecule has 1 aliphatic heterocycles. The average molecular weight is 398 g/mol. The van der Waals surface area contributed by atoms with Crippen LogP contribution in [0, 0.1) is 6.92 Å². The van der Waals surface area contributed by atoms with Gasteiger partial charge in [-0.1, -0.05) is 11.6 Å². The number of pyridine rings is 1. The minimum atomic E-state index is -0.148. The number of fused-ring (bicyclic) bond motifs is 1. The monoisotopic (exact) mass is 397 g/mol. The SMILES string of the molecule is Cc1c(C(=O)NC2CCN(C(C)c3ccncc3)CC2)oc2ccc(Cl)cc12. The summed E-state index contributed by atoms with van der Waals surface area (Å²) >= 11 is 6.07. The maximum Gasteiger partial charge on any atom is 0.287 e. The number of nitrogens with one attached hydrogen (secondary N) is 1. The predicted molar refractivity (Wildman–Crippen MR) is 111 cm³/mol. The topological polar surface area (TPSA) is 58.4 Å². The maximum atomic E-state index is 12.8. The van der Waals surface area contributed by atoms with Gasteiger partial charge in [0.15, 0.2) is 5.76 Å². The number of piperidine rings is 1. The number of likely N-dealkylation sites (tertiary alicyclic amines) is 1. The fourth-order valence-electron chi connectivity index (χ4n) is 3.94. The van der Waals surface area contributed by atoms with E-state index in [1.54, 1.807) is 12.1 Å². The highest BCUT2D eigenvalue weighted by atomic mass is 35.5. The van der Waals surface area contributed by atoms with Gasteiger partial charge in [0, 0.05) is 53.5 Å². The van der Waals surface area contributed by atoms with Crippen LogP contribution in [0.4, 0.5) is 0 Å². The van der Waals surface area contributed by atoms with Crippen molar-refractivity contribution in [2.75, 3.05) is 13.1 Å². The summed E-state index contributed by atoms with van der Waals surface area (Å²) in [6.45, 7) is 6.01. The van der Waals surface area contributed by atoms with E-state index in [-0.39, 0.29) is 11.9 Å². The Bertz CT molecular complexity index is 978. The number of hydrogen-bond donors (Lipinski definition) is 1. The number of aryl methyl sites for hydroxylation is 1. The molecule has 4 rings (SSSR count). The first kappa shape index (κ1) is 19.0. The molecule has 1 atom stereocenters. The minimum absolute atomic E-state index is 0.148. The Morgan fingerprint density at radius 1 is 1.25 bits per heavy atom. The quantitative estimate of drug-likeness (QED) is 0.690. The Kier molecular flexibility index (Phi) is 5.38. The molecule has 28 heavy (non-hydrogen) atoms. The van der Waals surface area contributed by atoms with Crippen molar-refractivity contribution in [1.82, 2.24) is 15.2 Å². The smallest absolute Gasteiger partial charge is 0.287 e. The first-order valence-electron chi connectivity index (χ1n) is 9.66. The van der Waals surface area contributed by atoms with Crippen molar-refractivity contribution in [2.45, 2.75) is 38.8 Å². The number of carbonyl (C=O) groups is 1. The Balaban J connectivity index is 1.38. The van der Waals surface area contributed by atoms with Gasteiger partial charge in [0.1, 0.15) is 5.58 Å². The third-order valence-corrected chi connectivity index (χ3v) is 5.94. The standard InChI is InChI=1S/C22H24ClN3O2/c1-14-19-13-17(23)3-4-20(19)28-21(14)22(27)25-18-7-11-26(12-8-18)15(2)16-5-9-24-10-6-16/h3-6,9-10,13,15,18H,7-8,11-12H2,1-2H3,(H,25,27). The van der Waals surface area contributed by atoms with Crippen LogP contribution >= 0.6 is 11.6 Å². The van der Waals surface area contributed by atoms with Crippen molar-refractivity contribution < 1.29 is 9.21 Å². The molecule has 0 bridgehead atoms. The molecule has 1 unspecified atom stereocenters. The molecule has 146 valence electrons. The number of aromatic nitrogens is 1. The molecule has 1 saturated heterocycles. The fraction of sp³-hybridized carbons (Fsp3) is 0.364. The van der Waals surface area contributed by atoms with Gasteiger partial charge in [0.25, 0.3) is 5.91 Å². The van der Waals surface area contributed by atoms with Crippen molar-refractivity contribution in [1.29, 1.82) is 0 Å². The summed E-state index contributed by atoms with van der Waals surface area (Å²) < 4.78 is 5.79. The highest BCUT2D eigenvalue weighted by Crippen LogP contribution is 2.28. The molecule has 2 aromatic heterocycles. The van der Waals surface area contributed by atoms with E-state index in [2.05, 4.69) is 34.3 Å². The summed E-state index contributed by atoms with van der Waals surface area (Å²) in [7, 11) is 0. The van der Waals surface area contributed by atoms with Crippen LogP contribution in [0.25, 0.3) is 11.0 Å². The first-order chi connectivity index (χ1) is 13.5. The van der Waals surface area contributed by atoms with Crippen molar-refractivity contribution in [2.24, 2.45) is 0 Å². The Morgan fingerprint density at radius 2 is 1.96 bits per heavy atom. The molecule has 0 spiro atoms. The van der Waals surface area contributed by atoms with E-state index in [0.717, 1.165) is 36.9 Å². The molecule has 1 amide bonds. The number of carbonyl (C=O) groups excluding carboxylic acids is 1. The lowest BCUT2D eigenvalue weighted by Crippen LogP contribution is -2.45. The molecular formula is C22H24ClN3O2. The number of amides is 1. The molecule has 1 aromatic carbocycles. The van der Waals surface area contributed by atoms with Crippen LogP contribution in [-0.4, -0.2) is 34.9 Å². The van der Waals surface area contributed by atoms with Crippen LogP contribution in [0.5, 0.6) is 0 Å². The minimum Gasteiger partial charge on any atom is -0.451 e. The lowest BCUT2D eigenvalue weighted by atomic mass is 10.0. The lowest BCUT2D eigenvalue weighted by Gasteiger charge is -2.36. The maximum absolute atomic E-state index is 12.8. The molecule has 6 heteroatoms. The number of furan rings is 1. The Labute approximate surface area is 169 Å². The third-order valence-electron chi connectivity index (χ3n) is 5.71. The zero-order chi connectivity index (χ0) is 19.7. The summed E-state index contributed by atoms with van der Waals surface area (Å²) in [5.74, 6) is 0.232. The second-order valence-corrected chi connectivity index (χ2v) is 7.87. The summed E-state index contributed by atoms with van der Waals surface area (Å²) in [6, 6.07) is 10.1. The van der Waals surface area contributed by atoms with Gasteiger partial charge in [-0.2, -0.15) is 0 Å². The number of rotatable bonds is 4. The number of hydrogen-bond acceptors (Lipinski definition) is 4. The predicted octanol–water partition coefficient (Wildman–Crippen LogP) is 4.75. The van der Waals surface area contributed by atoms with E-state index < -0.39 is 0 Å². The highest BCUT2D eigenvalue weighted by Gasteiger charge is 2.26. The summed E-state index contributed by atoms with van der Waals surface area (Å²) in [5, 5.41) is 4.67. The van der Waals surface area contributed by atoms with E-state index in [0.29, 0.717) is 22.4 Å². The summed E-state index contributed by atoms with van der Waals surface area (Å²) in [4.78, 5) is 19.3. The van der Waals surface area contributed by atoms with Crippen molar-refractivity contribution in [3.8, 4) is 0 Å². The molecule has 1 aliphatic rings. The Morgan fingerprint density at radius 3 is 2.68 bits per heavy atom. The van der Waals surface area contributed by atoms with E-state index >= 15 is 0 Å². The van der Waals surface area contributed by atoms with Gasteiger partial charge < -0.3 is 9.73 Å². The lowest BCUT2D eigenvalue weighted by molar-refractivity contribution is 0.0870. The zero-order valence-corrected chi connectivity index (χ0v) is 16.9. The van der Waals surface area contributed by atoms with Crippen molar-refractivity contribution in [3.05, 3.63) is 64.6 Å². The molecule has 0 saturated carbocycles. The molecule has 3 heterocycles. The van der Waals surface area contributed by atoms with Crippen LogP contribution in [0.1, 0.15) is 47.5 Å². The normalized spacial score (nSPS) is 17.0. The van der Waals surface area contributed by atoms with Crippen LogP contribution in [0.15, 0.2) is 47.1 Å². The van der Waals surface area contributed by atoms with Crippen LogP contribution in [0.2, 0.25) is 5.02 Å². The van der Waals surface area contributed by atoms with Gasteiger partial charge in [-0.25, -0.2) is 0 Å². The summed E-state index contributed by atoms with van der Waals surface area (Å²) in [6.07, 6.45) is 5.52. The van der Waals surface area contributed by atoms with E-state index in [1.807, 2.05) is 25.4 Å². The van der Waals surface area contributed by atoms with Crippen LogP contribution in [0.3, 0.4) is 0 Å². The van der Waals surface area contributed by atoms with Gasteiger partial charge in [0.05, 0.1) is 0 Å². The van der Waals surface area contributed by atoms with E-state index in [4.69, 9.17) is 16.0 Å². The van der Waals surface area contributed by atoms with Gasteiger partial charge in [-0.3, -0.25) is 14.7 Å². The van der Waals surface area contributed by atoms with Gasteiger partial charge >= 0.3 is 0 Å². The molecule has 1 N–H and O–H groups in total. The number of halogens is 1. The molecule has 3 aromatic rings. The molecular weight excluding hydrogens is 374 g/mol. The van der Waals surface area contributed by atoms with Gasteiger partial charge in [0.2, 0.25) is 0 Å². The summed E-state index contributed by atoms with van der Waals surface area (Å²) in [5.41, 5.74) is 2.79. The van der Waals surface area contributed by atoms with Gasteiger partial charge in [-0.15, -0.1) is 0 Å². The third kappa shape index (κ3) is 3.77. The van der Waals surface area contributed by atoms with Gasteiger partial charge in [-0.05, 0) is 62.6 Å². The number of nitrogens with zero attached hydrogens (tertiary/aromatic N) is 2. The Hall–Kier alpha value is -2.37. The largest absolute Gasteiger partial charge is 0.451 e. The number of benzene rings is 1. The second-order valence-electron chi connectivity index (χ2n) is 7.44. The van der Waals surface area contributed by atoms with E-state index in [1.165, 1.54) is 5.56 Å². The molecule has 5 nitrogen and oxygen atoms in total. The van der Waals surface area contributed by atoms with Crippen LogP contribution in [-0.2, 0) is 0 Å². The molecule has 0 radical (unpaired) electrons. The molecule has 1 fully saturated rings. The highest BCUT2D eigenvalue weighted by molar-refractivity contribution is 6.31.